The SMILES string of the molecule is CCCCOC(=O)CSC1=C(C#N)[C@@H](c2cccc(Cl)c2)CC(=O)N1. The summed E-state index contributed by atoms with van der Waals surface area (Å²) < 4.78 is 5.10. The van der Waals surface area contributed by atoms with Crippen LogP contribution in [0.3, 0.4) is 0 Å². The summed E-state index contributed by atoms with van der Waals surface area (Å²) in [4.78, 5) is 23.8. The van der Waals surface area contributed by atoms with Gasteiger partial charge in [0.2, 0.25) is 5.91 Å². The Morgan fingerprint density at radius 1 is 1.52 bits per heavy atom. The first-order valence-corrected chi connectivity index (χ1v) is 9.39. The maximum absolute atomic E-state index is 12.0. The summed E-state index contributed by atoms with van der Waals surface area (Å²) in [7, 11) is 0. The molecule has 0 aliphatic carbocycles. The van der Waals surface area contributed by atoms with E-state index in [2.05, 4.69) is 11.4 Å². The molecule has 0 radical (unpaired) electrons. The maximum atomic E-state index is 12.0. The molecule has 0 unspecified atom stereocenters. The molecular formula is C18H19ClN2O3S. The first-order chi connectivity index (χ1) is 12.0. The third-order valence-corrected chi connectivity index (χ3v) is 4.93. The number of carbonyl (C=O) groups is 2. The third-order valence-electron chi connectivity index (χ3n) is 3.70. The molecule has 1 aliphatic heterocycles. The van der Waals surface area contributed by atoms with Gasteiger partial charge in [-0.3, -0.25) is 9.59 Å². The minimum Gasteiger partial charge on any atom is -0.465 e. The van der Waals surface area contributed by atoms with Crippen LogP contribution in [-0.2, 0) is 14.3 Å². The van der Waals surface area contributed by atoms with Gasteiger partial charge >= 0.3 is 5.97 Å². The molecule has 1 heterocycles. The molecule has 0 saturated heterocycles. The van der Waals surface area contributed by atoms with Crippen molar-refractivity contribution in [3.8, 4) is 6.07 Å². The van der Waals surface area contributed by atoms with Gasteiger partial charge in [-0.25, -0.2) is 0 Å². The summed E-state index contributed by atoms with van der Waals surface area (Å²) in [6, 6.07) is 9.29. The molecule has 1 aromatic carbocycles. The smallest absolute Gasteiger partial charge is 0.316 e. The molecule has 132 valence electrons. The zero-order chi connectivity index (χ0) is 18.2. The fourth-order valence-electron chi connectivity index (χ4n) is 2.44. The van der Waals surface area contributed by atoms with Crippen LogP contribution in [0.5, 0.6) is 0 Å². The van der Waals surface area contributed by atoms with Gasteiger partial charge in [-0.2, -0.15) is 5.26 Å². The molecule has 5 nitrogen and oxygen atoms in total. The quantitative estimate of drug-likeness (QED) is 0.577. The van der Waals surface area contributed by atoms with E-state index in [0.717, 1.165) is 30.2 Å². The maximum Gasteiger partial charge on any atom is 0.316 e. The van der Waals surface area contributed by atoms with Crippen LogP contribution in [0.1, 0.15) is 37.7 Å². The van der Waals surface area contributed by atoms with E-state index < -0.39 is 0 Å². The molecule has 1 amide bonds. The first kappa shape index (κ1) is 19.4. The average molecular weight is 379 g/mol. The molecule has 0 aromatic heterocycles. The standard InChI is InChI=1S/C18H19ClN2O3S/c1-2-3-7-24-17(23)11-25-18-15(10-20)14(9-16(22)21-18)12-5-4-6-13(19)8-12/h4-6,8,14H,2-3,7,9,11H2,1H3,(H,21,22)/t14-/m1/s1. The molecule has 0 spiro atoms. The van der Waals surface area contributed by atoms with Crippen LogP contribution in [0.2, 0.25) is 5.02 Å². The number of hydrogen-bond donors (Lipinski definition) is 1. The number of nitrogens with zero attached hydrogens (tertiary/aromatic N) is 1. The minimum absolute atomic E-state index is 0.0484. The van der Waals surface area contributed by atoms with Crippen molar-refractivity contribution in [2.75, 3.05) is 12.4 Å². The lowest BCUT2D eigenvalue weighted by Crippen LogP contribution is -2.31. The monoisotopic (exact) mass is 378 g/mol. The number of nitriles is 1. The van der Waals surface area contributed by atoms with Gasteiger partial charge in [-0.05, 0) is 24.1 Å². The highest BCUT2D eigenvalue weighted by molar-refractivity contribution is 8.03. The van der Waals surface area contributed by atoms with E-state index >= 15 is 0 Å². The van der Waals surface area contributed by atoms with Gasteiger partial charge in [-0.15, -0.1) is 0 Å². The van der Waals surface area contributed by atoms with Crippen molar-refractivity contribution < 1.29 is 14.3 Å². The molecule has 0 bridgehead atoms. The van der Waals surface area contributed by atoms with Gasteiger partial charge in [0, 0.05) is 17.4 Å². The molecular weight excluding hydrogens is 360 g/mol. The van der Waals surface area contributed by atoms with E-state index in [9.17, 15) is 14.9 Å². The number of esters is 1. The van der Waals surface area contributed by atoms with Crippen molar-refractivity contribution in [1.29, 1.82) is 5.26 Å². The van der Waals surface area contributed by atoms with Gasteiger partial charge in [0.15, 0.2) is 0 Å². The normalized spacial score (nSPS) is 17.0. The molecule has 1 N–H and O–H groups in total. The van der Waals surface area contributed by atoms with Crippen LogP contribution < -0.4 is 5.32 Å². The first-order valence-electron chi connectivity index (χ1n) is 8.03. The molecule has 1 atom stereocenters. The lowest BCUT2D eigenvalue weighted by Gasteiger charge is -2.25. The fourth-order valence-corrected chi connectivity index (χ4v) is 3.52. The summed E-state index contributed by atoms with van der Waals surface area (Å²) in [5, 5.41) is 13.2. The number of halogens is 1. The number of amides is 1. The number of carbonyl (C=O) groups excluding carboxylic acids is 2. The third kappa shape index (κ3) is 5.52. The van der Waals surface area contributed by atoms with Crippen molar-refractivity contribution in [1.82, 2.24) is 5.32 Å². The van der Waals surface area contributed by atoms with Crippen molar-refractivity contribution >= 4 is 35.2 Å². The van der Waals surface area contributed by atoms with Crippen LogP contribution in [0, 0.1) is 11.3 Å². The molecule has 1 aromatic rings. The van der Waals surface area contributed by atoms with E-state index in [0.29, 0.717) is 22.2 Å². The number of benzene rings is 1. The summed E-state index contributed by atoms with van der Waals surface area (Å²) >= 11 is 7.15. The van der Waals surface area contributed by atoms with Gasteiger partial charge < -0.3 is 10.1 Å². The second-order valence-electron chi connectivity index (χ2n) is 5.58. The summed E-state index contributed by atoms with van der Waals surface area (Å²) in [5.74, 6) is -0.864. The zero-order valence-corrected chi connectivity index (χ0v) is 15.5. The average Bonchev–Trinajstić information content (AvgIpc) is 2.59. The zero-order valence-electron chi connectivity index (χ0n) is 13.9. The predicted octanol–water partition coefficient (Wildman–Crippen LogP) is 3.76. The Balaban J connectivity index is 2.15. The van der Waals surface area contributed by atoms with Crippen LogP contribution >= 0.6 is 23.4 Å². The number of unbranched alkanes of at least 4 members (excludes halogenated alkanes) is 1. The van der Waals surface area contributed by atoms with E-state index in [-0.39, 0.29) is 30.0 Å². The highest BCUT2D eigenvalue weighted by atomic mass is 35.5. The molecule has 2 rings (SSSR count). The summed E-state index contributed by atoms with van der Waals surface area (Å²) in [5.41, 5.74) is 1.25. The second-order valence-corrected chi connectivity index (χ2v) is 7.00. The van der Waals surface area contributed by atoms with Crippen LogP contribution in [0.15, 0.2) is 34.9 Å². The highest BCUT2D eigenvalue weighted by Crippen LogP contribution is 2.36. The van der Waals surface area contributed by atoms with E-state index in [1.807, 2.05) is 13.0 Å². The second kappa shape index (κ2) is 9.50. The van der Waals surface area contributed by atoms with Gasteiger partial charge in [-0.1, -0.05) is 48.8 Å². The summed E-state index contributed by atoms with van der Waals surface area (Å²) in [6.07, 6.45) is 1.94. The number of hydrogen-bond acceptors (Lipinski definition) is 5. The van der Waals surface area contributed by atoms with Gasteiger partial charge in [0.05, 0.1) is 29.0 Å². The number of allylic oxidation sites excluding steroid dienone is 1. The summed E-state index contributed by atoms with van der Waals surface area (Å²) in [6.45, 7) is 2.40. The number of rotatable bonds is 7. The van der Waals surface area contributed by atoms with Crippen molar-refractivity contribution in [3.63, 3.8) is 0 Å². The van der Waals surface area contributed by atoms with Crippen LogP contribution in [-0.4, -0.2) is 24.2 Å². The topological polar surface area (TPSA) is 79.2 Å². The molecule has 1 aliphatic rings. The van der Waals surface area contributed by atoms with Crippen molar-refractivity contribution in [3.05, 3.63) is 45.5 Å². The molecule has 25 heavy (non-hydrogen) atoms. The fraction of sp³-hybridized carbons (Fsp3) is 0.389. The van der Waals surface area contributed by atoms with Crippen LogP contribution in [0.25, 0.3) is 0 Å². The number of nitrogens with one attached hydrogen (secondary N) is 1. The van der Waals surface area contributed by atoms with E-state index in [1.54, 1.807) is 18.2 Å². The molecule has 0 saturated carbocycles. The highest BCUT2D eigenvalue weighted by Gasteiger charge is 2.30. The van der Waals surface area contributed by atoms with E-state index in [1.165, 1.54) is 0 Å². The number of ether oxygens (including phenoxy) is 1. The largest absolute Gasteiger partial charge is 0.465 e. The number of thioether (sulfide) groups is 1. The Morgan fingerprint density at radius 3 is 3.00 bits per heavy atom. The molecule has 0 fully saturated rings. The van der Waals surface area contributed by atoms with Gasteiger partial charge in [0.1, 0.15) is 0 Å². The van der Waals surface area contributed by atoms with Crippen molar-refractivity contribution in [2.45, 2.75) is 32.1 Å². The minimum atomic E-state index is -0.365. The Kier molecular flexibility index (Phi) is 7.35. The Labute approximate surface area is 156 Å². The Bertz CT molecular complexity index is 727. The lowest BCUT2D eigenvalue weighted by molar-refractivity contribution is -0.140. The Morgan fingerprint density at radius 2 is 2.32 bits per heavy atom. The van der Waals surface area contributed by atoms with Crippen LogP contribution in [0.4, 0.5) is 0 Å². The lowest BCUT2D eigenvalue weighted by atomic mass is 9.87. The Hall–Kier alpha value is -1.97. The van der Waals surface area contributed by atoms with Crippen molar-refractivity contribution in [2.24, 2.45) is 0 Å². The molecule has 7 heteroatoms. The predicted molar refractivity (Wildman–Crippen MR) is 97.9 cm³/mol. The van der Waals surface area contributed by atoms with Gasteiger partial charge in [0.25, 0.3) is 0 Å². The van der Waals surface area contributed by atoms with E-state index in [4.69, 9.17) is 16.3 Å².